The van der Waals surface area contributed by atoms with Gasteiger partial charge in [-0.05, 0) is 12.8 Å². The first-order chi connectivity index (χ1) is 7.09. The first-order valence-electron chi connectivity index (χ1n) is 5.38. The van der Waals surface area contributed by atoms with Crippen molar-refractivity contribution in [2.45, 2.75) is 25.3 Å². The van der Waals surface area contributed by atoms with Gasteiger partial charge in [0.05, 0.1) is 0 Å². The van der Waals surface area contributed by atoms with Crippen LogP contribution in [0.15, 0.2) is 0 Å². The second-order valence-corrected chi connectivity index (χ2v) is 5.81. The lowest BCUT2D eigenvalue weighted by Gasteiger charge is -2.22. The van der Waals surface area contributed by atoms with E-state index < -0.39 is 10.8 Å². The Morgan fingerprint density at radius 1 is 1.40 bits per heavy atom. The van der Waals surface area contributed by atoms with Gasteiger partial charge in [0.1, 0.15) is 0 Å². The van der Waals surface area contributed by atoms with Gasteiger partial charge in [-0.15, -0.1) is 0 Å². The molecule has 0 aromatic carbocycles. The number of carbonyl (C=O) groups is 1. The van der Waals surface area contributed by atoms with Crippen molar-refractivity contribution in [3.63, 3.8) is 0 Å². The maximum absolute atomic E-state index is 11.3. The Morgan fingerprint density at radius 2 is 2.00 bits per heavy atom. The average Bonchev–Trinajstić information content (AvgIpc) is 2.20. The molecule has 0 saturated carbocycles. The summed E-state index contributed by atoms with van der Waals surface area (Å²) < 4.78 is 11.1. The number of nitrogens with zero attached hydrogens (tertiary/aromatic N) is 1. The summed E-state index contributed by atoms with van der Waals surface area (Å²) in [5, 5.41) is 3.35. The molecule has 1 rings (SSSR count). The van der Waals surface area contributed by atoms with Crippen LogP contribution in [0.25, 0.3) is 0 Å². The molecule has 1 amide bonds. The van der Waals surface area contributed by atoms with Gasteiger partial charge < -0.3 is 10.2 Å². The summed E-state index contributed by atoms with van der Waals surface area (Å²) in [6.07, 6.45) is 2.50. The van der Waals surface area contributed by atoms with E-state index >= 15 is 0 Å². The van der Waals surface area contributed by atoms with Crippen LogP contribution in [0.3, 0.4) is 0 Å². The van der Waals surface area contributed by atoms with E-state index in [1.54, 1.807) is 19.0 Å². The Labute approximate surface area is 93.9 Å². The normalized spacial score (nSPS) is 26.3. The van der Waals surface area contributed by atoms with Crippen LogP contribution < -0.4 is 5.32 Å². The van der Waals surface area contributed by atoms with Crippen LogP contribution in [-0.2, 0) is 15.6 Å². The van der Waals surface area contributed by atoms with Crippen LogP contribution in [0.1, 0.15) is 19.3 Å². The van der Waals surface area contributed by atoms with Crippen molar-refractivity contribution in [2.24, 2.45) is 0 Å². The molecule has 0 bridgehead atoms. The minimum Gasteiger partial charge on any atom is -0.349 e. The van der Waals surface area contributed by atoms with Crippen molar-refractivity contribution in [3.05, 3.63) is 0 Å². The van der Waals surface area contributed by atoms with Crippen molar-refractivity contribution in [3.8, 4) is 0 Å². The lowest BCUT2D eigenvalue weighted by atomic mass is 10.1. The molecule has 0 radical (unpaired) electrons. The molecule has 0 unspecified atom stereocenters. The van der Waals surface area contributed by atoms with Crippen molar-refractivity contribution >= 4 is 16.7 Å². The molecular formula is C10H20N2O2S. The van der Waals surface area contributed by atoms with Gasteiger partial charge in [0.25, 0.3) is 0 Å². The van der Waals surface area contributed by atoms with E-state index in [4.69, 9.17) is 0 Å². The number of amides is 1. The molecule has 4 nitrogen and oxygen atoms in total. The highest BCUT2D eigenvalue weighted by atomic mass is 32.2. The molecule has 1 aliphatic rings. The molecule has 0 aliphatic carbocycles. The van der Waals surface area contributed by atoms with Crippen LogP contribution in [-0.4, -0.2) is 53.2 Å². The molecular weight excluding hydrogens is 212 g/mol. The van der Waals surface area contributed by atoms with Crippen molar-refractivity contribution < 1.29 is 9.00 Å². The van der Waals surface area contributed by atoms with Gasteiger partial charge in [-0.1, -0.05) is 0 Å². The summed E-state index contributed by atoms with van der Waals surface area (Å²) in [5.74, 6) is 1.76. The third-order valence-corrected chi connectivity index (χ3v) is 4.04. The zero-order chi connectivity index (χ0) is 11.3. The lowest BCUT2D eigenvalue weighted by molar-refractivity contribution is -0.128. The second kappa shape index (κ2) is 6.23. The van der Waals surface area contributed by atoms with Gasteiger partial charge in [-0.25, -0.2) is 0 Å². The molecule has 1 saturated heterocycles. The van der Waals surface area contributed by atoms with E-state index in [0.717, 1.165) is 30.9 Å². The molecule has 0 aromatic heterocycles. The fourth-order valence-electron chi connectivity index (χ4n) is 1.60. The maximum atomic E-state index is 11.3. The summed E-state index contributed by atoms with van der Waals surface area (Å²) in [7, 11) is 2.94. The molecule has 1 aliphatic heterocycles. The van der Waals surface area contributed by atoms with E-state index in [1.165, 1.54) is 0 Å². The maximum Gasteiger partial charge on any atom is 0.223 e. The van der Waals surface area contributed by atoms with Gasteiger partial charge in [-0.3, -0.25) is 9.00 Å². The summed E-state index contributed by atoms with van der Waals surface area (Å²) in [4.78, 5) is 12.9. The highest BCUT2D eigenvalue weighted by Gasteiger charge is 2.17. The van der Waals surface area contributed by atoms with Gasteiger partial charge >= 0.3 is 0 Å². The van der Waals surface area contributed by atoms with Crippen LogP contribution in [0.2, 0.25) is 0 Å². The molecule has 0 atom stereocenters. The smallest absolute Gasteiger partial charge is 0.223 e. The minimum atomic E-state index is -0.598. The molecule has 5 heteroatoms. The quantitative estimate of drug-likeness (QED) is 0.740. The highest BCUT2D eigenvalue weighted by molar-refractivity contribution is 7.85. The third-order valence-electron chi connectivity index (χ3n) is 2.66. The highest BCUT2D eigenvalue weighted by Crippen LogP contribution is 2.08. The zero-order valence-corrected chi connectivity index (χ0v) is 10.3. The average molecular weight is 232 g/mol. The van der Waals surface area contributed by atoms with Crippen LogP contribution in [0.5, 0.6) is 0 Å². The topological polar surface area (TPSA) is 49.4 Å². The molecule has 1 fully saturated rings. The fourth-order valence-corrected chi connectivity index (χ4v) is 2.90. The molecule has 1 heterocycles. The predicted molar refractivity (Wildman–Crippen MR) is 62.2 cm³/mol. The van der Waals surface area contributed by atoms with Crippen LogP contribution >= 0.6 is 0 Å². The number of hydrogen-bond donors (Lipinski definition) is 1. The molecule has 0 spiro atoms. The third kappa shape index (κ3) is 4.75. The van der Waals surface area contributed by atoms with Gasteiger partial charge in [0, 0.05) is 55.4 Å². The minimum absolute atomic E-state index is 0.155. The lowest BCUT2D eigenvalue weighted by Crippen LogP contribution is -2.37. The summed E-state index contributed by atoms with van der Waals surface area (Å²) in [5.41, 5.74) is 0. The standard InChI is InChI=1S/C10H20N2O2S/c1-12(2)10(13)3-6-11-9-4-7-15(14)8-5-9/h9,11H,3-8H2,1-2H3. The van der Waals surface area contributed by atoms with Crippen molar-refractivity contribution in [2.75, 3.05) is 32.1 Å². The van der Waals surface area contributed by atoms with Crippen LogP contribution in [0, 0.1) is 0 Å². The van der Waals surface area contributed by atoms with Gasteiger partial charge in [-0.2, -0.15) is 0 Å². The SMILES string of the molecule is CN(C)C(=O)CCNC1CCS(=O)CC1. The molecule has 88 valence electrons. The zero-order valence-electron chi connectivity index (χ0n) is 9.49. The van der Waals surface area contributed by atoms with E-state index in [2.05, 4.69) is 5.32 Å². The number of rotatable bonds is 4. The monoisotopic (exact) mass is 232 g/mol. The predicted octanol–water partition coefficient (Wildman–Crippen LogP) is -0.0346. The van der Waals surface area contributed by atoms with E-state index in [9.17, 15) is 9.00 Å². The molecule has 0 aromatic rings. The van der Waals surface area contributed by atoms with Gasteiger partial charge in [0.15, 0.2) is 0 Å². The first-order valence-corrected chi connectivity index (χ1v) is 6.87. The fraction of sp³-hybridized carbons (Fsp3) is 0.900. The first kappa shape index (κ1) is 12.6. The number of nitrogens with one attached hydrogen (secondary N) is 1. The summed E-state index contributed by atoms with van der Waals surface area (Å²) in [6, 6.07) is 0.456. The van der Waals surface area contributed by atoms with Crippen molar-refractivity contribution in [1.29, 1.82) is 0 Å². The Hall–Kier alpha value is -0.420. The van der Waals surface area contributed by atoms with E-state index in [0.29, 0.717) is 12.5 Å². The van der Waals surface area contributed by atoms with Crippen LogP contribution in [0.4, 0.5) is 0 Å². The Balaban J connectivity index is 2.10. The Kier molecular flexibility index (Phi) is 5.25. The van der Waals surface area contributed by atoms with Gasteiger partial charge in [0.2, 0.25) is 5.91 Å². The summed E-state index contributed by atoms with van der Waals surface area (Å²) >= 11 is 0. The largest absolute Gasteiger partial charge is 0.349 e. The van der Waals surface area contributed by atoms with Crippen molar-refractivity contribution in [1.82, 2.24) is 10.2 Å². The Bertz CT molecular complexity index is 234. The summed E-state index contributed by atoms with van der Waals surface area (Å²) in [6.45, 7) is 0.730. The second-order valence-electron chi connectivity index (χ2n) is 4.11. The number of hydrogen-bond acceptors (Lipinski definition) is 3. The number of carbonyl (C=O) groups excluding carboxylic acids is 1. The molecule has 1 N–H and O–H groups in total. The Morgan fingerprint density at radius 3 is 2.53 bits per heavy atom. The molecule has 15 heavy (non-hydrogen) atoms. The van der Waals surface area contributed by atoms with E-state index in [1.807, 2.05) is 0 Å². The van der Waals surface area contributed by atoms with E-state index in [-0.39, 0.29) is 5.91 Å².